The predicted octanol–water partition coefficient (Wildman–Crippen LogP) is 5.22. The van der Waals surface area contributed by atoms with Crippen LogP contribution in [-0.4, -0.2) is 21.9 Å². The van der Waals surface area contributed by atoms with Crippen molar-refractivity contribution in [2.45, 2.75) is 43.9 Å². The molecule has 32 heavy (non-hydrogen) atoms. The quantitative estimate of drug-likeness (QED) is 0.565. The Morgan fingerprint density at radius 1 is 1.28 bits per heavy atom. The summed E-state index contributed by atoms with van der Waals surface area (Å²) in [4.78, 5) is 14.1. The molecule has 3 aromatic rings. The Balaban J connectivity index is 1.49. The second-order valence-corrected chi connectivity index (χ2v) is 8.98. The summed E-state index contributed by atoms with van der Waals surface area (Å²) in [5.41, 5.74) is 2.11. The van der Waals surface area contributed by atoms with Crippen LogP contribution in [0.25, 0.3) is 0 Å². The summed E-state index contributed by atoms with van der Waals surface area (Å²) in [6, 6.07) is 8.50. The van der Waals surface area contributed by atoms with Crippen LogP contribution in [0.5, 0.6) is 0 Å². The van der Waals surface area contributed by atoms with Gasteiger partial charge in [-0.25, -0.2) is 4.68 Å². The van der Waals surface area contributed by atoms with Gasteiger partial charge in [-0.05, 0) is 30.4 Å². The second-order valence-electron chi connectivity index (χ2n) is 7.88. The molecule has 2 N–H and O–H groups in total. The van der Waals surface area contributed by atoms with E-state index in [-0.39, 0.29) is 17.8 Å². The van der Waals surface area contributed by atoms with Crippen molar-refractivity contribution in [2.75, 3.05) is 10.6 Å². The first-order valence-corrected chi connectivity index (χ1v) is 11.0. The Bertz CT molecular complexity index is 1220. The van der Waals surface area contributed by atoms with Gasteiger partial charge < -0.3 is 10.6 Å². The monoisotopic (exact) mass is 457 g/mol. The molecule has 0 fully saturated rings. The summed E-state index contributed by atoms with van der Waals surface area (Å²) in [5, 5.41) is 19.7. The molecule has 1 aliphatic carbocycles. The van der Waals surface area contributed by atoms with Crippen molar-refractivity contribution in [3.8, 4) is 6.07 Å². The van der Waals surface area contributed by atoms with Gasteiger partial charge >= 0.3 is 6.18 Å². The molecule has 2 atom stereocenters. The smallest absolute Gasteiger partial charge is 0.363 e. The van der Waals surface area contributed by atoms with Crippen LogP contribution in [0.1, 0.15) is 56.9 Å². The van der Waals surface area contributed by atoms with Crippen molar-refractivity contribution >= 4 is 28.1 Å². The summed E-state index contributed by atoms with van der Waals surface area (Å²) in [7, 11) is 0. The molecule has 1 amide bonds. The number of fused-ring (bicyclic) bond motifs is 2. The van der Waals surface area contributed by atoms with E-state index in [2.05, 4.69) is 21.8 Å². The number of aromatic nitrogens is 2. The van der Waals surface area contributed by atoms with Crippen LogP contribution < -0.4 is 10.6 Å². The van der Waals surface area contributed by atoms with E-state index in [1.165, 1.54) is 11.3 Å². The summed E-state index contributed by atoms with van der Waals surface area (Å²) in [6.07, 6.45) is -0.976. The molecule has 0 unspecified atom stereocenters. The van der Waals surface area contributed by atoms with Crippen LogP contribution in [0, 0.1) is 11.3 Å². The largest absolute Gasteiger partial charge is 0.410 e. The molecule has 2 aromatic heterocycles. The third kappa shape index (κ3) is 3.42. The lowest BCUT2D eigenvalue weighted by Crippen LogP contribution is -2.36. The molecule has 0 bridgehead atoms. The van der Waals surface area contributed by atoms with Crippen LogP contribution in [-0.2, 0) is 12.8 Å². The maximum Gasteiger partial charge on any atom is 0.410 e. The SMILES string of the molecule is N#Cc1c(NC(=O)c2cnn3c2N[C@@H](c2ccccc2)C[C@H]3C(F)(F)F)sc2c1CCC2. The molecular formula is C22H18F3N5OS. The molecule has 0 saturated heterocycles. The molecule has 6 nitrogen and oxygen atoms in total. The fourth-order valence-electron chi connectivity index (χ4n) is 4.41. The van der Waals surface area contributed by atoms with Crippen molar-refractivity contribution in [1.82, 2.24) is 9.78 Å². The first-order valence-electron chi connectivity index (χ1n) is 10.2. The van der Waals surface area contributed by atoms with E-state index in [0.717, 1.165) is 40.6 Å². The maximum absolute atomic E-state index is 13.8. The van der Waals surface area contributed by atoms with E-state index in [1.807, 2.05) is 0 Å². The Labute approximate surface area is 185 Å². The number of anilines is 2. The number of alkyl halides is 3. The van der Waals surface area contributed by atoms with Crippen LogP contribution >= 0.6 is 11.3 Å². The summed E-state index contributed by atoms with van der Waals surface area (Å²) < 4.78 is 42.3. The second kappa shape index (κ2) is 7.67. The number of carbonyl (C=O) groups is 1. The van der Waals surface area contributed by atoms with Gasteiger partial charge in [-0.1, -0.05) is 30.3 Å². The minimum absolute atomic E-state index is 0.0114. The van der Waals surface area contributed by atoms with Gasteiger partial charge in [-0.2, -0.15) is 23.5 Å². The number of benzene rings is 1. The number of thiophene rings is 1. The highest BCUT2D eigenvalue weighted by molar-refractivity contribution is 7.16. The molecular weight excluding hydrogens is 439 g/mol. The fourth-order valence-corrected chi connectivity index (χ4v) is 5.65. The number of aryl methyl sites for hydroxylation is 1. The lowest BCUT2D eigenvalue weighted by molar-refractivity contribution is -0.173. The van der Waals surface area contributed by atoms with Crippen molar-refractivity contribution in [3.05, 3.63) is 63.7 Å². The molecule has 3 heterocycles. The van der Waals surface area contributed by atoms with E-state index in [0.29, 0.717) is 16.1 Å². The van der Waals surface area contributed by atoms with E-state index in [4.69, 9.17) is 0 Å². The predicted molar refractivity (Wildman–Crippen MR) is 114 cm³/mol. The zero-order valence-corrected chi connectivity index (χ0v) is 17.6. The lowest BCUT2D eigenvalue weighted by atomic mass is 9.96. The first-order chi connectivity index (χ1) is 15.4. The summed E-state index contributed by atoms with van der Waals surface area (Å²) in [6.45, 7) is 0. The highest BCUT2D eigenvalue weighted by Gasteiger charge is 2.47. The Hall–Kier alpha value is -3.32. The van der Waals surface area contributed by atoms with Crippen LogP contribution in [0.3, 0.4) is 0 Å². The number of rotatable bonds is 3. The molecule has 0 saturated carbocycles. The molecule has 5 rings (SSSR count). The maximum atomic E-state index is 13.8. The first kappa shape index (κ1) is 20.6. The Morgan fingerprint density at radius 2 is 2.06 bits per heavy atom. The van der Waals surface area contributed by atoms with Crippen molar-refractivity contribution in [3.63, 3.8) is 0 Å². The third-order valence-electron chi connectivity index (χ3n) is 5.95. The van der Waals surface area contributed by atoms with Crippen LogP contribution in [0.4, 0.5) is 24.0 Å². The van der Waals surface area contributed by atoms with Gasteiger partial charge in [-0.15, -0.1) is 11.3 Å². The number of carbonyl (C=O) groups excluding carboxylic acids is 1. The number of hydrogen-bond donors (Lipinski definition) is 2. The zero-order valence-electron chi connectivity index (χ0n) is 16.7. The highest BCUT2D eigenvalue weighted by atomic mass is 32.1. The summed E-state index contributed by atoms with van der Waals surface area (Å²) >= 11 is 1.36. The zero-order chi connectivity index (χ0) is 22.5. The standard InChI is InChI=1S/C22H18F3N5OS/c23-22(24,25)18-9-16(12-5-2-1-3-6-12)28-19-15(11-27-30(18)19)20(31)29-21-14(10-26)13-7-4-8-17(13)32-21/h1-3,5-6,11,16,18,28H,4,7-9H2,(H,29,31)/t16-,18+/m1/s1. The van der Waals surface area contributed by atoms with E-state index < -0.39 is 24.2 Å². The van der Waals surface area contributed by atoms with Crippen molar-refractivity contribution < 1.29 is 18.0 Å². The Kier molecular flexibility index (Phi) is 4.93. The Morgan fingerprint density at radius 3 is 2.78 bits per heavy atom. The minimum atomic E-state index is -4.52. The van der Waals surface area contributed by atoms with Gasteiger partial charge in [-0.3, -0.25) is 4.79 Å². The average Bonchev–Trinajstić information content (AvgIpc) is 3.47. The van der Waals surface area contributed by atoms with Gasteiger partial charge in [0.15, 0.2) is 6.04 Å². The molecule has 0 spiro atoms. The van der Waals surface area contributed by atoms with Gasteiger partial charge in [0.05, 0.1) is 17.8 Å². The topological polar surface area (TPSA) is 82.7 Å². The van der Waals surface area contributed by atoms with Gasteiger partial charge in [0.25, 0.3) is 5.91 Å². The average molecular weight is 457 g/mol. The van der Waals surface area contributed by atoms with Gasteiger partial charge in [0.2, 0.25) is 0 Å². The molecule has 1 aromatic carbocycles. The number of hydrogen-bond acceptors (Lipinski definition) is 5. The van der Waals surface area contributed by atoms with Crippen LogP contribution in [0.2, 0.25) is 0 Å². The van der Waals surface area contributed by atoms with E-state index in [1.54, 1.807) is 30.3 Å². The molecule has 10 heteroatoms. The van der Waals surface area contributed by atoms with Crippen LogP contribution in [0.15, 0.2) is 36.5 Å². The van der Waals surface area contributed by atoms with E-state index >= 15 is 0 Å². The number of amides is 1. The molecule has 0 radical (unpaired) electrons. The normalized spacial score (nSPS) is 19.6. The summed E-state index contributed by atoms with van der Waals surface area (Å²) in [5.74, 6) is -0.572. The van der Waals surface area contributed by atoms with E-state index in [9.17, 15) is 23.2 Å². The molecule has 1 aliphatic heterocycles. The molecule has 2 aliphatic rings. The molecule has 164 valence electrons. The number of nitriles is 1. The van der Waals surface area contributed by atoms with Crippen molar-refractivity contribution in [1.29, 1.82) is 5.26 Å². The van der Waals surface area contributed by atoms with Gasteiger partial charge in [0, 0.05) is 11.3 Å². The van der Waals surface area contributed by atoms with Crippen molar-refractivity contribution in [2.24, 2.45) is 0 Å². The third-order valence-corrected chi connectivity index (χ3v) is 7.15. The minimum Gasteiger partial charge on any atom is -0.363 e. The highest BCUT2D eigenvalue weighted by Crippen LogP contribution is 2.45. The number of nitrogens with one attached hydrogen (secondary N) is 2. The lowest BCUT2D eigenvalue weighted by Gasteiger charge is -2.34. The number of halogens is 3. The number of nitrogens with zero attached hydrogens (tertiary/aromatic N) is 3. The fraction of sp³-hybridized carbons (Fsp3) is 0.318. The van der Waals surface area contributed by atoms with Gasteiger partial charge in [0.1, 0.15) is 22.5 Å².